The number of hydrogen-bond donors (Lipinski definition) is 0. The first-order chi connectivity index (χ1) is 6.36. The van der Waals surface area contributed by atoms with E-state index in [2.05, 4.69) is 19.1 Å². The molecule has 0 aliphatic heterocycles. The Morgan fingerprint density at radius 2 is 2.08 bits per heavy atom. The molecule has 1 aromatic rings. The molecular weight excluding hydrogens is 160 g/mol. The van der Waals surface area contributed by atoms with Crippen molar-refractivity contribution < 1.29 is 4.74 Å². The molecule has 1 heteroatoms. The predicted molar refractivity (Wildman–Crippen MR) is 53.6 cm³/mol. The van der Waals surface area contributed by atoms with Gasteiger partial charge in [-0.1, -0.05) is 30.4 Å². The second-order valence-electron chi connectivity index (χ2n) is 3.13. The molecule has 0 spiro atoms. The molecule has 0 radical (unpaired) electrons. The van der Waals surface area contributed by atoms with Crippen LogP contribution in [0, 0.1) is 6.92 Å². The van der Waals surface area contributed by atoms with Crippen molar-refractivity contribution in [3.05, 3.63) is 53.8 Å². The average molecular weight is 172 g/mol. The molecule has 0 atom stereocenters. The van der Waals surface area contributed by atoms with E-state index in [1.165, 1.54) is 5.56 Å². The second kappa shape index (κ2) is 3.48. The van der Waals surface area contributed by atoms with Crippen LogP contribution in [-0.2, 0) is 0 Å². The highest BCUT2D eigenvalue weighted by Crippen LogP contribution is 2.22. The standard InChI is InChI=1S/C12H12O/c1-10-6-2-5-9-12(10)13-11-7-3-4-8-11/h2-7,9H,8H2,1H3. The van der Waals surface area contributed by atoms with Crippen LogP contribution in [0.2, 0.25) is 0 Å². The number of aryl methyl sites for hydroxylation is 1. The lowest BCUT2D eigenvalue weighted by atomic mass is 10.2. The zero-order chi connectivity index (χ0) is 9.10. The Kier molecular flexibility index (Phi) is 2.17. The molecular formula is C12H12O. The summed E-state index contributed by atoms with van der Waals surface area (Å²) in [4.78, 5) is 0. The van der Waals surface area contributed by atoms with Gasteiger partial charge in [0, 0.05) is 6.42 Å². The summed E-state index contributed by atoms with van der Waals surface area (Å²) in [6.07, 6.45) is 7.03. The van der Waals surface area contributed by atoms with Crippen LogP contribution < -0.4 is 4.74 Å². The quantitative estimate of drug-likeness (QED) is 0.665. The Morgan fingerprint density at radius 1 is 1.23 bits per heavy atom. The Bertz CT molecular complexity index is 361. The average Bonchev–Trinajstić information content (AvgIpc) is 2.61. The molecule has 0 aromatic heterocycles. The smallest absolute Gasteiger partial charge is 0.129 e. The molecule has 0 unspecified atom stereocenters. The number of rotatable bonds is 2. The van der Waals surface area contributed by atoms with E-state index in [0.29, 0.717) is 0 Å². The van der Waals surface area contributed by atoms with Gasteiger partial charge in [-0.05, 0) is 24.6 Å². The van der Waals surface area contributed by atoms with Crippen molar-refractivity contribution in [3.63, 3.8) is 0 Å². The summed E-state index contributed by atoms with van der Waals surface area (Å²) in [5.74, 6) is 1.98. The zero-order valence-electron chi connectivity index (χ0n) is 7.66. The number of ether oxygens (including phenoxy) is 1. The van der Waals surface area contributed by atoms with Gasteiger partial charge in [0.05, 0.1) is 0 Å². The Hall–Kier alpha value is -1.50. The number of allylic oxidation sites excluding steroid dienone is 3. The highest BCUT2D eigenvalue weighted by molar-refractivity contribution is 5.34. The van der Waals surface area contributed by atoms with Crippen molar-refractivity contribution in [2.45, 2.75) is 13.3 Å². The normalized spacial score (nSPS) is 14.4. The SMILES string of the molecule is Cc1ccccc1OC1=CC=CC1. The molecule has 0 heterocycles. The molecule has 0 bridgehead atoms. The van der Waals surface area contributed by atoms with Crippen molar-refractivity contribution in [1.82, 2.24) is 0 Å². The van der Waals surface area contributed by atoms with Crippen LogP contribution in [0.25, 0.3) is 0 Å². The fraction of sp³-hybridized carbons (Fsp3) is 0.167. The molecule has 1 nitrogen and oxygen atoms in total. The van der Waals surface area contributed by atoms with Gasteiger partial charge >= 0.3 is 0 Å². The van der Waals surface area contributed by atoms with Crippen LogP contribution in [0.1, 0.15) is 12.0 Å². The van der Waals surface area contributed by atoms with Gasteiger partial charge in [-0.25, -0.2) is 0 Å². The van der Waals surface area contributed by atoms with Crippen LogP contribution in [0.5, 0.6) is 5.75 Å². The summed E-state index contributed by atoms with van der Waals surface area (Å²) in [6, 6.07) is 8.06. The lowest BCUT2D eigenvalue weighted by Gasteiger charge is -2.08. The molecule has 0 N–H and O–H groups in total. The largest absolute Gasteiger partial charge is 0.461 e. The van der Waals surface area contributed by atoms with E-state index in [-0.39, 0.29) is 0 Å². The maximum absolute atomic E-state index is 5.70. The monoisotopic (exact) mass is 172 g/mol. The van der Waals surface area contributed by atoms with E-state index in [1.54, 1.807) is 0 Å². The van der Waals surface area contributed by atoms with Gasteiger partial charge in [0.2, 0.25) is 0 Å². The molecule has 1 aromatic carbocycles. The van der Waals surface area contributed by atoms with Crippen molar-refractivity contribution in [2.24, 2.45) is 0 Å². The highest BCUT2D eigenvalue weighted by atomic mass is 16.5. The number of benzene rings is 1. The topological polar surface area (TPSA) is 9.23 Å². The van der Waals surface area contributed by atoms with E-state index in [9.17, 15) is 0 Å². The van der Waals surface area contributed by atoms with Crippen LogP contribution in [-0.4, -0.2) is 0 Å². The summed E-state index contributed by atoms with van der Waals surface area (Å²) in [5, 5.41) is 0. The summed E-state index contributed by atoms with van der Waals surface area (Å²) in [6.45, 7) is 2.05. The minimum absolute atomic E-state index is 0.911. The van der Waals surface area contributed by atoms with Crippen molar-refractivity contribution in [3.8, 4) is 5.75 Å². The zero-order valence-corrected chi connectivity index (χ0v) is 7.66. The Morgan fingerprint density at radius 3 is 2.77 bits per heavy atom. The van der Waals surface area contributed by atoms with Crippen molar-refractivity contribution >= 4 is 0 Å². The highest BCUT2D eigenvalue weighted by Gasteiger charge is 2.03. The molecule has 0 saturated carbocycles. The van der Waals surface area contributed by atoms with Gasteiger partial charge < -0.3 is 4.74 Å². The second-order valence-corrected chi connectivity index (χ2v) is 3.13. The van der Waals surface area contributed by atoms with Crippen LogP contribution in [0.15, 0.2) is 48.3 Å². The van der Waals surface area contributed by atoms with Gasteiger partial charge in [-0.3, -0.25) is 0 Å². The fourth-order valence-electron chi connectivity index (χ4n) is 1.32. The fourth-order valence-corrected chi connectivity index (χ4v) is 1.32. The third-order valence-electron chi connectivity index (χ3n) is 2.07. The molecule has 0 saturated heterocycles. The van der Waals surface area contributed by atoms with Crippen molar-refractivity contribution in [1.29, 1.82) is 0 Å². The lowest BCUT2D eigenvalue weighted by molar-refractivity contribution is 0.416. The summed E-state index contributed by atoms with van der Waals surface area (Å²) in [7, 11) is 0. The predicted octanol–water partition coefficient (Wildman–Crippen LogP) is 3.22. The first-order valence-corrected chi connectivity index (χ1v) is 4.45. The maximum atomic E-state index is 5.70. The van der Waals surface area contributed by atoms with Crippen molar-refractivity contribution in [2.75, 3.05) is 0 Å². The van der Waals surface area contributed by atoms with Gasteiger partial charge in [-0.2, -0.15) is 0 Å². The van der Waals surface area contributed by atoms with Gasteiger partial charge in [0.1, 0.15) is 11.5 Å². The van der Waals surface area contributed by atoms with Gasteiger partial charge in [0.25, 0.3) is 0 Å². The van der Waals surface area contributed by atoms with Crippen LogP contribution >= 0.6 is 0 Å². The summed E-state index contributed by atoms with van der Waals surface area (Å²) in [5.41, 5.74) is 1.18. The molecule has 0 fully saturated rings. The van der Waals surface area contributed by atoms with Gasteiger partial charge in [-0.15, -0.1) is 0 Å². The number of hydrogen-bond acceptors (Lipinski definition) is 1. The molecule has 2 rings (SSSR count). The third-order valence-corrected chi connectivity index (χ3v) is 2.07. The van der Waals surface area contributed by atoms with Crippen LogP contribution in [0.3, 0.4) is 0 Å². The molecule has 66 valence electrons. The first-order valence-electron chi connectivity index (χ1n) is 4.45. The summed E-state index contributed by atoms with van der Waals surface area (Å²) >= 11 is 0. The van der Waals surface area contributed by atoms with E-state index >= 15 is 0 Å². The third kappa shape index (κ3) is 1.81. The molecule has 0 amide bonds. The Balaban J connectivity index is 2.14. The maximum Gasteiger partial charge on any atom is 0.129 e. The molecule has 1 aliphatic carbocycles. The van der Waals surface area contributed by atoms with Crippen LogP contribution in [0.4, 0.5) is 0 Å². The van der Waals surface area contributed by atoms with E-state index < -0.39 is 0 Å². The minimum atomic E-state index is 0.911. The Labute approximate surface area is 78.3 Å². The molecule has 1 aliphatic rings. The molecule has 13 heavy (non-hydrogen) atoms. The van der Waals surface area contributed by atoms with E-state index in [4.69, 9.17) is 4.74 Å². The van der Waals surface area contributed by atoms with E-state index in [1.807, 2.05) is 30.4 Å². The van der Waals surface area contributed by atoms with E-state index in [0.717, 1.165) is 17.9 Å². The van der Waals surface area contributed by atoms with Gasteiger partial charge in [0.15, 0.2) is 0 Å². The lowest BCUT2D eigenvalue weighted by Crippen LogP contribution is -1.93. The minimum Gasteiger partial charge on any atom is -0.461 e. The first kappa shape index (κ1) is 8.11. The summed E-state index contributed by atoms with van der Waals surface area (Å²) < 4.78 is 5.70. The number of para-hydroxylation sites is 1.